The molecule has 0 aromatic carbocycles. The maximum atomic E-state index is 12.4. The van der Waals surface area contributed by atoms with E-state index in [0.29, 0.717) is 0 Å². The molecule has 2 aliphatic carbocycles. The summed E-state index contributed by atoms with van der Waals surface area (Å²) in [7, 11) is 0. The summed E-state index contributed by atoms with van der Waals surface area (Å²) in [5.41, 5.74) is 0. The minimum Gasteiger partial charge on any atom is -0.353 e. The van der Waals surface area contributed by atoms with Crippen LogP contribution in [0.2, 0.25) is 0 Å². The Labute approximate surface area is 138 Å². The quantitative estimate of drug-likeness (QED) is 0.639. The fraction of sp³-hybridized carbons (Fsp3) is 0.833. The van der Waals surface area contributed by atoms with Crippen LogP contribution in [0.5, 0.6) is 0 Å². The van der Waals surface area contributed by atoms with E-state index in [1.165, 1.54) is 30.6 Å². The lowest BCUT2D eigenvalue weighted by Crippen LogP contribution is -2.38. The monoisotopic (exact) mass is 320 g/mol. The summed E-state index contributed by atoms with van der Waals surface area (Å²) in [4.78, 5) is 38.2. The molecule has 0 aromatic heterocycles. The molecule has 0 unspecified atom stereocenters. The van der Waals surface area contributed by atoms with Crippen molar-refractivity contribution in [2.24, 2.45) is 11.8 Å². The Balaban J connectivity index is 1.48. The van der Waals surface area contributed by atoms with E-state index in [2.05, 4.69) is 5.32 Å². The molecular weight excluding hydrogens is 292 g/mol. The van der Waals surface area contributed by atoms with Crippen LogP contribution in [0.15, 0.2) is 0 Å². The fourth-order valence-corrected chi connectivity index (χ4v) is 4.39. The van der Waals surface area contributed by atoms with E-state index in [1.54, 1.807) is 0 Å². The molecule has 3 aliphatic rings. The smallest absolute Gasteiger partial charge is 0.233 e. The lowest BCUT2D eigenvalue weighted by atomic mass is 9.81. The summed E-state index contributed by atoms with van der Waals surface area (Å²) in [5, 5.41) is 3.09. The third kappa shape index (κ3) is 3.75. The molecule has 2 saturated carbocycles. The third-order valence-electron chi connectivity index (χ3n) is 5.72. The van der Waals surface area contributed by atoms with Gasteiger partial charge in [0.05, 0.1) is 11.8 Å². The molecule has 3 fully saturated rings. The molecule has 1 heterocycles. The Bertz CT molecular complexity index is 445. The number of fused-ring (bicyclic) bond motifs is 1. The Morgan fingerprint density at radius 1 is 0.870 bits per heavy atom. The molecule has 5 heteroatoms. The van der Waals surface area contributed by atoms with Gasteiger partial charge in [0.1, 0.15) is 0 Å². The van der Waals surface area contributed by atoms with Crippen molar-refractivity contribution in [1.29, 1.82) is 0 Å². The second-order valence-corrected chi connectivity index (χ2v) is 7.33. The fourth-order valence-electron chi connectivity index (χ4n) is 4.39. The van der Waals surface area contributed by atoms with E-state index in [9.17, 15) is 14.4 Å². The van der Waals surface area contributed by atoms with Crippen LogP contribution >= 0.6 is 0 Å². The van der Waals surface area contributed by atoms with Gasteiger partial charge >= 0.3 is 0 Å². The molecule has 1 aliphatic heterocycles. The summed E-state index contributed by atoms with van der Waals surface area (Å²) in [6.45, 7) is 0.253. The first-order valence-electron chi connectivity index (χ1n) is 9.31. The van der Waals surface area contributed by atoms with Crippen molar-refractivity contribution >= 4 is 17.7 Å². The minimum absolute atomic E-state index is 0.0210. The van der Waals surface area contributed by atoms with Gasteiger partial charge in [-0.15, -0.1) is 0 Å². The van der Waals surface area contributed by atoms with Gasteiger partial charge in [-0.25, -0.2) is 0 Å². The molecule has 3 rings (SSSR count). The first kappa shape index (κ1) is 16.5. The Morgan fingerprint density at radius 3 is 1.96 bits per heavy atom. The Kier molecular flexibility index (Phi) is 5.34. The van der Waals surface area contributed by atoms with Crippen molar-refractivity contribution in [2.75, 3.05) is 6.54 Å². The van der Waals surface area contributed by atoms with Crippen molar-refractivity contribution in [3.05, 3.63) is 0 Å². The topological polar surface area (TPSA) is 66.5 Å². The molecule has 0 bridgehead atoms. The zero-order valence-electron chi connectivity index (χ0n) is 13.9. The highest BCUT2D eigenvalue weighted by Gasteiger charge is 2.47. The number of nitrogens with one attached hydrogen (secondary N) is 1. The van der Waals surface area contributed by atoms with Gasteiger partial charge in [-0.2, -0.15) is 0 Å². The molecule has 23 heavy (non-hydrogen) atoms. The zero-order chi connectivity index (χ0) is 16.2. The number of rotatable bonds is 4. The van der Waals surface area contributed by atoms with Gasteiger partial charge in [-0.05, 0) is 25.7 Å². The largest absolute Gasteiger partial charge is 0.353 e. The molecule has 0 spiro atoms. The van der Waals surface area contributed by atoms with Crippen LogP contribution in [0.25, 0.3) is 0 Å². The van der Waals surface area contributed by atoms with E-state index in [-0.39, 0.29) is 48.6 Å². The average molecular weight is 320 g/mol. The Hall–Kier alpha value is -1.39. The van der Waals surface area contributed by atoms with E-state index in [4.69, 9.17) is 0 Å². The number of likely N-dealkylation sites (tertiary alicyclic amines) is 1. The van der Waals surface area contributed by atoms with Gasteiger partial charge in [0.15, 0.2) is 0 Å². The lowest BCUT2D eigenvalue weighted by Gasteiger charge is -2.19. The number of carbonyl (C=O) groups is 3. The van der Waals surface area contributed by atoms with Gasteiger partial charge in [-0.1, -0.05) is 38.5 Å². The van der Waals surface area contributed by atoms with E-state index >= 15 is 0 Å². The SMILES string of the molecule is O=C(CCN1C(=O)[C@H]2CCCC[C@@H]2C1=O)NC1CCCCCC1. The highest BCUT2D eigenvalue weighted by Crippen LogP contribution is 2.37. The molecule has 0 aromatic rings. The third-order valence-corrected chi connectivity index (χ3v) is 5.72. The van der Waals surface area contributed by atoms with Crippen LogP contribution in [0, 0.1) is 11.8 Å². The van der Waals surface area contributed by atoms with Crippen molar-refractivity contribution < 1.29 is 14.4 Å². The van der Waals surface area contributed by atoms with Crippen LogP contribution in [0.1, 0.15) is 70.6 Å². The van der Waals surface area contributed by atoms with Crippen molar-refractivity contribution in [3.8, 4) is 0 Å². The maximum absolute atomic E-state index is 12.4. The van der Waals surface area contributed by atoms with Gasteiger partial charge < -0.3 is 5.32 Å². The zero-order valence-corrected chi connectivity index (χ0v) is 13.9. The molecule has 5 nitrogen and oxygen atoms in total. The van der Waals surface area contributed by atoms with Crippen LogP contribution in [0.4, 0.5) is 0 Å². The average Bonchev–Trinajstić information content (AvgIpc) is 2.74. The summed E-state index contributed by atoms with van der Waals surface area (Å²) in [6, 6.07) is 0.276. The maximum Gasteiger partial charge on any atom is 0.233 e. The van der Waals surface area contributed by atoms with Gasteiger partial charge in [0.25, 0.3) is 0 Å². The molecule has 2 atom stereocenters. The summed E-state index contributed by atoms with van der Waals surface area (Å²) in [6.07, 6.45) is 11.0. The summed E-state index contributed by atoms with van der Waals surface area (Å²) >= 11 is 0. The Morgan fingerprint density at radius 2 is 1.39 bits per heavy atom. The van der Waals surface area contributed by atoms with E-state index in [0.717, 1.165) is 38.5 Å². The van der Waals surface area contributed by atoms with Crippen LogP contribution < -0.4 is 5.32 Å². The van der Waals surface area contributed by atoms with Crippen LogP contribution in [-0.2, 0) is 14.4 Å². The molecule has 3 amide bonds. The van der Waals surface area contributed by atoms with Crippen molar-refractivity contribution in [3.63, 3.8) is 0 Å². The molecule has 1 saturated heterocycles. The van der Waals surface area contributed by atoms with Gasteiger partial charge in [0, 0.05) is 19.0 Å². The van der Waals surface area contributed by atoms with Crippen molar-refractivity contribution in [2.45, 2.75) is 76.7 Å². The normalized spacial score (nSPS) is 29.3. The highest BCUT2D eigenvalue weighted by atomic mass is 16.2. The molecular formula is C18H28N2O3. The van der Waals surface area contributed by atoms with Gasteiger partial charge in [0.2, 0.25) is 17.7 Å². The number of hydrogen-bond donors (Lipinski definition) is 1. The number of hydrogen-bond acceptors (Lipinski definition) is 3. The standard InChI is InChI=1S/C18H28N2O3/c21-16(19-13-7-3-1-2-4-8-13)11-12-20-17(22)14-9-5-6-10-15(14)18(20)23/h13-15H,1-12H2,(H,19,21)/t14-,15-/m0/s1. The molecule has 128 valence electrons. The van der Waals surface area contributed by atoms with Crippen LogP contribution in [-0.4, -0.2) is 35.2 Å². The van der Waals surface area contributed by atoms with Crippen LogP contribution in [0.3, 0.4) is 0 Å². The first-order valence-corrected chi connectivity index (χ1v) is 9.31. The van der Waals surface area contributed by atoms with Gasteiger partial charge in [-0.3, -0.25) is 19.3 Å². The molecule has 1 N–H and O–H groups in total. The number of amides is 3. The summed E-state index contributed by atoms with van der Waals surface area (Å²) < 4.78 is 0. The minimum atomic E-state index is -0.110. The second kappa shape index (κ2) is 7.45. The predicted molar refractivity (Wildman–Crippen MR) is 86.4 cm³/mol. The number of carbonyl (C=O) groups excluding carboxylic acids is 3. The van der Waals surface area contributed by atoms with E-state index < -0.39 is 0 Å². The first-order chi connectivity index (χ1) is 11.2. The van der Waals surface area contributed by atoms with E-state index in [1.807, 2.05) is 0 Å². The summed E-state index contributed by atoms with van der Waals surface area (Å²) in [5.74, 6) is -0.321. The second-order valence-electron chi connectivity index (χ2n) is 7.33. The predicted octanol–water partition coefficient (Wildman–Crippen LogP) is 2.39. The number of imide groups is 1. The number of nitrogens with zero attached hydrogens (tertiary/aromatic N) is 1. The molecule has 0 radical (unpaired) electrons. The lowest BCUT2D eigenvalue weighted by molar-refractivity contribution is -0.140. The van der Waals surface area contributed by atoms with Crippen molar-refractivity contribution in [1.82, 2.24) is 10.2 Å². The highest BCUT2D eigenvalue weighted by molar-refractivity contribution is 6.05.